The largest absolute Gasteiger partial charge is 0.496 e. The molecule has 4 nitrogen and oxygen atoms in total. The highest BCUT2D eigenvalue weighted by molar-refractivity contribution is 5.93. The number of benzene rings is 2. The molecule has 0 bridgehead atoms. The van der Waals surface area contributed by atoms with Crippen molar-refractivity contribution in [3.8, 4) is 5.75 Å². The van der Waals surface area contributed by atoms with Crippen molar-refractivity contribution < 1.29 is 9.53 Å². The first-order valence-corrected chi connectivity index (χ1v) is 8.48. The fraction of sp³-hybridized carbons (Fsp3) is 0.350. The molecule has 2 aromatic rings. The van der Waals surface area contributed by atoms with Gasteiger partial charge < -0.3 is 15.4 Å². The lowest BCUT2D eigenvalue weighted by Crippen LogP contribution is -2.37. The van der Waals surface area contributed by atoms with Gasteiger partial charge in [0, 0.05) is 24.2 Å². The average molecular weight is 324 g/mol. The van der Waals surface area contributed by atoms with Gasteiger partial charge in [-0.1, -0.05) is 30.3 Å². The van der Waals surface area contributed by atoms with Crippen molar-refractivity contribution >= 4 is 11.6 Å². The quantitative estimate of drug-likeness (QED) is 0.888. The number of ether oxygens (including phenoxy) is 1. The van der Waals surface area contributed by atoms with Crippen LogP contribution in [0.5, 0.6) is 5.75 Å². The van der Waals surface area contributed by atoms with Crippen LogP contribution in [0.15, 0.2) is 48.5 Å². The van der Waals surface area contributed by atoms with Gasteiger partial charge in [-0.2, -0.15) is 0 Å². The average Bonchev–Trinajstić information content (AvgIpc) is 2.63. The Morgan fingerprint density at radius 1 is 1.25 bits per heavy atom. The lowest BCUT2D eigenvalue weighted by atomic mass is 9.98. The highest BCUT2D eigenvalue weighted by atomic mass is 16.5. The summed E-state index contributed by atoms with van der Waals surface area (Å²) in [6.45, 7) is 1.77. The summed E-state index contributed by atoms with van der Waals surface area (Å²) < 4.78 is 5.47. The number of piperidine rings is 1. The lowest BCUT2D eigenvalue weighted by molar-refractivity contribution is -0.120. The Labute approximate surface area is 143 Å². The Balaban J connectivity index is 1.74. The number of nitrogens with one attached hydrogen (secondary N) is 2. The Hall–Kier alpha value is -2.33. The third-order valence-electron chi connectivity index (χ3n) is 4.45. The minimum absolute atomic E-state index is 0.0541. The first-order valence-electron chi connectivity index (χ1n) is 8.48. The van der Waals surface area contributed by atoms with Gasteiger partial charge in [0.2, 0.25) is 5.91 Å². The molecule has 0 aromatic heterocycles. The molecule has 2 N–H and O–H groups in total. The highest BCUT2D eigenvalue weighted by Gasteiger charge is 2.21. The maximum absolute atomic E-state index is 12.4. The summed E-state index contributed by atoms with van der Waals surface area (Å²) in [6, 6.07) is 16.1. The van der Waals surface area contributed by atoms with Gasteiger partial charge in [-0.3, -0.25) is 4.79 Å². The number of anilines is 1. The molecule has 4 heteroatoms. The predicted octanol–water partition coefficient (Wildman–Crippen LogP) is 3.22. The topological polar surface area (TPSA) is 50.4 Å². The maximum atomic E-state index is 12.4. The van der Waals surface area contributed by atoms with E-state index in [1.165, 1.54) is 5.56 Å². The fourth-order valence-corrected chi connectivity index (χ4v) is 3.13. The van der Waals surface area contributed by atoms with E-state index in [1.54, 1.807) is 7.11 Å². The van der Waals surface area contributed by atoms with Crippen LogP contribution in [0.4, 0.5) is 5.69 Å². The molecule has 1 atom stereocenters. The van der Waals surface area contributed by atoms with E-state index in [9.17, 15) is 4.79 Å². The summed E-state index contributed by atoms with van der Waals surface area (Å²) in [4.78, 5) is 12.4. The number of hydrogen-bond acceptors (Lipinski definition) is 3. The zero-order chi connectivity index (χ0) is 16.8. The monoisotopic (exact) mass is 324 g/mol. The molecule has 1 heterocycles. The summed E-state index contributed by atoms with van der Waals surface area (Å²) in [5.41, 5.74) is 3.12. The summed E-state index contributed by atoms with van der Waals surface area (Å²) in [7, 11) is 1.68. The third kappa shape index (κ3) is 4.15. The second-order valence-electron chi connectivity index (χ2n) is 6.22. The van der Waals surface area contributed by atoms with Crippen molar-refractivity contribution in [3.63, 3.8) is 0 Å². The number of hydrogen-bond donors (Lipinski definition) is 2. The number of amides is 1. The third-order valence-corrected chi connectivity index (χ3v) is 4.45. The molecule has 0 aliphatic carbocycles. The molecule has 3 rings (SSSR count). The number of rotatable bonds is 5. The molecule has 1 unspecified atom stereocenters. The number of carbonyl (C=O) groups is 1. The molecule has 1 aliphatic heterocycles. The Bertz CT molecular complexity index is 679. The number of methoxy groups -OCH3 is 1. The maximum Gasteiger partial charge on any atom is 0.228 e. The van der Waals surface area contributed by atoms with Crippen molar-refractivity contribution in [1.82, 2.24) is 5.32 Å². The van der Waals surface area contributed by atoms with Crippen molar-refractivity contribution in [1.29, 1.82) is 0 Å². The zero-order valence-corrected chi connectivity index (χ0v) is 14.0. The second-order valence-corrected chi connectivity index (χ2v) is 6.22. The Morgan fingerprint density at radius 3 is 2.79 bits per heavy atom. The van der Waals surface area contributed by atoms with E-state index in [4.69, 9.17) is 4.74 Å². The van der Waals surface area contributed by atoms with Crippen LogP contribution in [0.1, 0.15) is 24.0 Å². The van der Waals surface area contributed by atoms with E-state index in [-0.39, 0.29) is 11.8 Å². The van der Waals surface area contributed by atoms with Crippen molar-refractivity contribution in [3.05, 3.63) is 59.7 Å². The molecule has 1 saturated heterocycles. The molecule has 126 valence electrons. The zero-order valence-electron chi connectivity index (χ0n) is 14.0. The van der Waals surface area contributed by atoms with E-state index < -0.39 is 0 Å². The van der Waals surface area contributed by atoms with Crippen LogP contribution >= 0.6 is 0 Å². The van der Waals surface area contributed by atoms with Crippen LogP contribution in [0.3, 0.4) is 0 Å². The van der Waals surface area contributed by atoms with E-state index in [0.29, 0.717) is 0 Å². The van der Waals surface area contributed by atoms with Crippen LogP contribution < -0.4 is 15.4 Å². The van der Waals surface area contributed by atoms with E-state index in [1.807, 2.05) is 36.4 Å². The smallest absolute Gasteiger partial charge is 0.228 e. The van der Waals surface area contributed by atoms with E-state index in [2.05, 4.69) is 22.8 Å². The summed E-state index contributed by atoms with van der Waals surface area (Å²) in [5, 5.41) is 6.34. The molecule has 0 radical (unpaired) electrons. The van der Waals surface area contributed by atoms with E-state index in [0.717, 1.165) is 49.4 Å². The van der Waals surface area contributed by atoms with Gasteiger partial charge in [0.15, 0.2) is 0 Å². The molecule has 1 fully saturated rings. The van der Waals surface area contributed by atoms with E-state index >= 15 is 0 Å². The number of carbonyl (C=O) groups excluding carboxylic acids is 1. The lowest BCUT2D eigenvalue weighted by Gasteiger charge is -2.22. The first kappa shape index (κ1) is 16.5. The predicted molar refractivity (Wildman–Crippen MR) is 96.5 cm³/mol. The SMILES string of the molecule is COc1ccc(NC(=O)C2CCCNC2)cc1Cc1ccccc1. The van der Waals surface area contributed by atoms with Crippen LogP contribution in [0, 0.1) is 5.92 Å². The van der Waals surface area contributed by atoms with Crippen molar-refractivity contribution in [2.24, 2.45) is 5.92 Å². The molecule has 0 spiro atoms. The fourth-order valence-electron chi connectivity index (χ4n) is 3.13. The van der Waals surface area contributed by atoms with Gasteiger partial charge in [-0.25, -0.2) is 0 Å². The first-order chi connectivity index (χ1) is 11.8. The van der Waals surface area contributed by atoms with Gasteiger partial charge in [-0.15, -0.1) is 0 Å². The molecule has 1 aliphatic rings. The van der Waals surface area contributed by atoms with Crippen molar-refractivity contribution in [2.75, 3.05) is 25.5 Å². The molecule has 0 saturated carbocycles. The molecular weight excluding hydrogens is 300 g/mol. The van der Waals surface area contributed by atoms with Crippen LogP contribution in [0.25, 0.3) is 0 Å². The van der Waals surface area contributed by atoms with Crippen molar-refractivity contribution in [2.45, 2.75) is 19.3 Å². The molecule has 24 heavy (non-hydrogen) atoms. The Morgan fingerprint density at radius 2 is 2.08 bits per heavy atom. The Kier molecular flexibility index (Phi) is 5.49. The second kappa shape index (κ2) is 7.97. The van der Waals surface area contributed by atoms with Gasteiger partial charge in [0.05, 0.1) is 13.0 Å². The van der Waals surface area contributed by atoms with Gasteiger partial charge in [-0.05, 0) is 43.1 Å². The summed E-state index contributed by atoms with van der Waals surface area (Å²) >= 11 is 0. The van der Waals surface area contributed by atoms with Gasteiger partial charge in [0.25, 0.3) is 0 Å². The molecule has 2 aromatic carbocycles. The summed E-state index contributed by atoms with van der Waals surface area (Å²) in [5.74, 6) is 0.993. The normalized spacial score (nSPS) is 17.3. The van der Waals surface area contributed by atoms with Gasteiger partial charge in [0.1, 0.15) is 5.75 Å². The van der Waals surface area contributed by atoms with Crippen LogP contribution in [-0.2, 0) is 11.2 Å². The molecule has 1 amide bonds. The van der Waals surface area contributed by atoms with Gasteiger partial charge >= 0.3 is 0 Å². The summed E-state index contributed by atoms with van der Waals surface area (Å²) in [6.07, 6.45) is 2.78. The van der Waals surface area contributed by atoms with Crippen LogP contribution in [0.2, 0.25) is 0 Å². The highest BCUT2D eigenvalue weighted by Crippen LogP contribution is 2.26. The molecular formula is C20H24N2O2. The standard InChI is InChI=1S/C20H24N2O2/c1-24-19-10-9-18(22-20(23)16-8-5-11-21-14-16)13-17(19)12-15-6-3-2-4-7-15/h2-4,6-7,9-10,13,16,21H,5,8,11-12,14H2,1H3,(H,22,23). The minimum Gasteiger partial charge on any atom is -0.496 e. The van der Waals surface area contributed by atoms with Crippen LogP contribution in [-0.4, -0.2) is 26.1 Å². The minimum atomic E-state index is 0.0541.